The normalized spacial score (nSPS) is 17.9. The summed E-state index contributed by atoms with van der Waals surface area (Å²) in [5.41, 5.74) is 1.22. The standard InChI is InChI=1S/C25H29FN8O2/c1-25(2,26)14-31-21-8-20(18-12-32-34-13-15(9-27)10-30-22(18)34)29-11-19(21)24(36)33-17-6-4-16(5-7-17)23(35)28-3/h8,10-13,16-17H,4-7,14H2,1-3H3,(H,28,35)(H,29,31)(H,33,36). The van der Waals surface area contributed by atoms with Gasteiger partial charge >= 0.3 is 0 Å². The molecule has 1 saturated carbocycles. The molecule has 1 aliphatic rings. The minimum Gasteiger partial charge on any atom is -0.381 e. The van der Waals surface area contributed by atoms with Crippen molar-refractivity contribution in [2.75, 3.05) is 18.9 Å². The lowest BCUT2D eigenvalue weighted by atomic mass is 9.85. The number of anilines is 1. The van der Waals surface area contributed by atoms with Gasteiger partial charge in [-0.3, -0.25) is 14.6 Å². The van der Waals surface area contributed by atoms with Gasteiger partial charge in [-0.15, -0.1) is 0 Å². The Bertz CT molecular complexity index is 1320. The van der Waals surface area contributed by atoms with Crippen molar-refractivity contribution >= 4 is 23.1 Å². The second-order valence-corrected chi connectivity index (χ2v) is 9.60. The van der Waals surface area contributed by atoms with E-state index in [1.165, 1.54) is 30.8 Å². The Morgan fingerprint density at radius 3 is 2.61 bits per heavy atom. The van der Waals surface area contributed by atoms with Crippen LogP contribution in [0, 0.1) is 17.2 Å². The van der Waals surface area contributed by atoms with Crippen LogP contribution in [0.1, 0.15) is 55.5 Å². The first-order chi connectivity index (χ1) is 17.2. The average molecular weight is 493 g/mol. The van der Waals surface area contributed by atoms with Crippen molar-refractivity contribution in [2.24, 2.45) is 5.92 Å². The van der Waals surface area contributed by atoms with Gasteiger partial charge in [0.1, 0.15) is 11.7 Å². The Labute approximate surface area is 208 Å². The minimum absolute atomic E-state index is 0.00743. The molecular formula is C25H29FN8O2. The number of carbonyl (C=O) groups is 2. The van der Waals surface area contributed by atoms with Gasteiger partial charge in [-0.05, 0) is 45.6 Å². The molecule has 0 radical (unpaired) electrons. The van der Waals surface area contributed by atoms with Crippen LogP contribution >= 0.6 is 0 Å². The van der Waals surface area contributed by atoms with Crippen molar-refractivity contribution in [3.63, 3.8) is 0 Å². The van der Waals surface area contributed by atoms with E-state index in [9.17, 15) is 14.0 Å². The van der Waals surface area contributed by atoms with E-state index in [2.05, 4.69) is 31.0 Å². The number of pyridine rings is 1. The molecule has 188 valence electrons. The molecule has 3 N–H and O–H groups in total. The van der Waals surface area contributed by atoms with Gasteiger partial charge in [0.2, 0.25) is 5.91 Å². The van der Waals surface area contributed by atoms with Crippen LogP contribution < -0.4 is 16.0 Å². The summed E-state index contributed by atoms with van der Waals surface area (Å²) >= 11 is 0. The SMILES string of the molecule is CNC(=O)C1CCC(NC(=O)c2cnc(-c3cnn4cc(C#N)cnc34)cc2NCC(C)(C)F)CC1. The number of fused-ring (bicyclic) bond motifs is 1. The lowest BCUT2D eigenvalue weighted by molar-refractivity contribution is -0.125. The largest absolute Gasteiger partial charge is 0.381 e. The smallest absolute Gasteiger partial charge is 0.255 e. The third kappa shape index (κ3) is 5.59. The molecule has 4 rings (SSSR count). The molecule has 11 heteroatoms. The van der Waals surface area contributed by atoms with Crippen molar-refractivity contribution in [2.45, 2.75) is 51.2 Å². The molecular weight excluding hydrogens is 463 g/mol. The number of aromatic nitrogens is 4. The van der Waals surface area contributed by atoms with Crippen molar-refractivity contribution in [3.8, 4) is 17.3 Å². The van der Waals surface area contributed by atoms with Crippen LogP contribution in [0.5, 0.6) is 0 Å². The summed E-state index contributed by atoms with van der Waals surface area (Å²) in [7, 11) is 1.63. The van der Waals surface area contributed by atoms with Crippen LogP contribution in [-0.2, 0) is 4.79 Å². The summed E-state index contributed by atoms with van der Waals surface area (Å²) in [6.45, 7) is 2.90. The van der Waals surface area contributed by atoms with Gasteiger partial charge in [-0.2, -0.15) is 10.4 Å². The number of rotatable bonds is 7. The lowest BCUT2D eigenvalue weighted by Crippen LogP contribution is -2.40. The maximum atomic E-state index is 14.3. The molecule has 0 spiro atoms. The lowest BCUT2D eigenvalue weighted by Gasteiger charge is -2.28. The average Bonchev–Trinajstić information content (AvgIpc) is 3.30. The number of nitrogens with zero attached hydrogens (tertiary/aromatic N) is 5. The maximum Gasteiger partial charge on any atom is 0.255 e. The number of hydrogen-bond donors (Lipinski definition) is 3. The Hall–Kier alpha value is -4.07. The summed E-state index contributed by atoms with van der Waals surface area (Å²) in [5.74, 6) is -0.309. The molecule has 0 aliphatic heterocycles. The summed E-state index contributed by atoms with van der Waals surface area (Å²) in [5, 5.41) is 22.1. The molecule has 0 unspecified atom stereocenters. The zero-order valence-corrected chi connectivity index (χ0v) is 20.5. The number of alkyl halides is 1. The fraction of sp³-hybridized carbons (Fsp3) is 0.440. The second kappa shape index (κ2) is 10.3. The summed E-state index contributed by atoms with van der Waals surface area (Å²) < 4.78 is 15.8. The van der Waals surface area contributed by atoms with Crippen LogP contribution in [0.25, 0.3) is 16.9 Å². The Morgan fingerprint density at radius 2 is 1.94 bits per heavy atom. The van der Waals surface area contributed by atoms with E-state index in [-0.39, 0.29) is 30.3 Å². The third-order valence-corrected chi connectivity index (χ3v) is 6.29. The van der Waals surface area contributed by atoms with Crippen LogP contribution in [0.2, 0.25) is 0 Å². The van der Waals surface area contributed by atoms with E-state index >= 15 is 0 Å². The molecule has 3 heterocycles. The molecule has 1 aliphatic carbocycles. The van der Waals surface area contributed by atoms with E-state index in [0.29, 0.717) is 59.4 Å². The first kappa shape index (κ1) is 25.0. The molecule has 0 saturated heterocycles. The second-order valence-electron chi connectivity index (χ2n) is 9.60. The third-order valence-electron chi connectivity index (χ3n) is 6.29. The first-order valence-electron chi connectivity index (χ1n) is 11.9. The van der Waals surface area contributed by atoms with Crippen LogP contribution in [-0.4, -0.2) is 56.7 Å². The van der Waals surface area contributed by atoms with E-state index in [4.69, 9.17) is 5.26 Å². The van der Waals surface area contributed by atoms with Gasteiger partial charge in [0, 0.05) is 37.9 Å². The van der Waals surface area contributed by atoms with Crippen molar-refractivity contribution < 1.29 is 14.0 Å². The number of carbonyl (C=O) groups excluding carboxylic acids is 2. The predicted molar refractivity (Wildman–Crippen MR) is 132 cm³/mol. The predicted octanol–water partition coefficient (Wildman–Crippen LogP) is 2.86. The van der Waals surface area contributed by atoms with Gasteiger partial charge in [0.15, 0.2) is 5.65 Å². The van der Waals surface area contributed by atoms with E-state index in [0.717, 1.165) is 0 Å². The van der Waals surface area contributed by atoms with Crippen LogP contribution in [0.4, 0.5) is 10.1 Å². The summed E-state index contributed by atoms with van der Waals surface area (Å²) in [6, 6.07) is 3.65. The zero-order valence-electron chi connectivity index (χ0n) is 20.5. The van der Waals surface area contributed by atoms with Gasteiger partial charge < -0.3 is 16.0 Å². The van der Waals surface area contributed by atoms with Gasteiger partial charge in [0.05, 0.1) is 40.5 Å². The van der Waals surface area contributed by atoms with E-state index in [1.807, 2.05) is 6.07 Å². The molecule has 3 aromatic heterocycles. The Kier molecular flexibility index (Phi) is 7.15. The highest BCUT2D eigenvalue weighted by atomic mass is 19.1. The quantitative estimate of drug-likeness (QED) is 0.461. The number of halogens is 1. The van der Waals surface area contributed by atoms with Crippen molar-refractivity contribution in [3.05, 3.63) is 42.0 Å². The highest BCUT2D eigenvalue weighted by Crippen LogP contribution is 2.28. The topological polar surface area (TPSA) is 137 Å². The Balaban J connectivity index is 1.58. The van der Waals surface area contributed by atoms with Crippen molar-refractivity contribution in [1.29, 1.82) is 5.26 Å². The molecule has 0 bridgehead atoms. The highest BCUT2D eigenvalue weighted by molar-refractivity contribution is 6.00. The Morgan fingerprint density at radius 1 is 1.19 bits per heavy atom. The molecule has 10 nitrogen and oxygen atoms in total. The first-order valence-corrected chi connectivity index (χ1v) is 11.9. The van der Waals surface area contributed by atoms with E-state index < -0.39 is 5.67 Å². The molecule has 3 aromatic rings. The molecule has 0 atom stereocenters. The molecule has 36 heavy (non-hydrogen) atoms. The number of nitrogens with one attached hydrogen (secondary N) is 3. The zero-order chi connectivity index (χ0) is 25.9. The van der Waals surface area contributed by atoms with Gasteiger partial charge in [0.25, 0.3) is 5.91 Å². The monoisotopic (exact) mass is 492 g/mol. The molecule has 1 fully saturated rings. The molecule has 2 amide bonds. The number of nitriles is 1. The number of hydrogen-bond acceptors (Lipinski definition) is 7. The van der Waals surface area contributed by atoms with Crippen LogP contribution in [0.15, 0.2) is 30.9 Å². The van der Waals surface area contributed by atoms with Crippen LogP contribution in [0.3, 0.4) is 0 Å². The van der Waals surface area contributed by atoms with Gasteiger partial charge in [-0.1, -0.05) is 0 Å². The fourth-order valence-electron chi connectivity index (χ4n) is 4.32. The molecule has 0 aromatic carbocycles. The van der Waals surface area contributed by atoms with Gasteiger partial charge in [-0.25, -0.2) is 13.9 Å². The summed E-state index contributed by atoms with van der Waals surface area (Å²) in [6.07, 6.45) is 8.88. The minimum atomic E-state index is -1.50. The number of amides is 2. The fourth-order valence-corrected chi connectivity index (χ4v) is 4.32. The van der Waals surface area contributed by atoms with Crippen molar-refractivity contribution in [1.82, 2.24) is 30.2 Å². The summed E-state index contributed by atoms with van der Waals surface area (Å²) in [4.78, 5) is 33.9. The van der Waals surface area contributed by atoms with E-state index in [1.54, 1.807) is 25.5 Å². The maximum absolute atomic E-state index is 14.3. The highest BCUT2D eigenvalue weighted by Gasteiger charge is 2.28.